The summed E-state index contributed by atoms with van der Waals surface area (Å²) in [6.45, 7) is 19.8. The van der Waals surface area contributed by atoms with Gasteiger partial charge in [-0.1, -0.05) is 40.9 Å². The van der Waals surface area contributed by atoms with Crippen LogP contribution in [0.2, 0.25) is 0 Å². The second-order valence-electron chi connectivity index (χ2n) is 11.6. The topological polar surface area (TPSA) is 52.6 Å². The molecular formula is C28H46O4. The van der Waals surface area contributed by atoms with E-state index < -0.39 is 0 Å². The van der Waals surface area contributed by atoms with Crippen molar-refractivity contribution in [2.75, 3.05) is 0 Å². The van der Waals surface area contributed by atoms with Gasteiger partial charge in [-0.3, -0.25) is 0 Å². The standard InChI is InChI=1S/C28H46O4/c1-19(2)17-27(31-25(29)21(5)6)13-9-23(10-14-27)24-11-15-28(16-12-24,18-20(3)4)32-26(30)22(7)8/h19-20,23-24H,5,7,9-18H2,1-4,6,8H3. The number of rotatable bonds is 9. The molecule has 0 amide bonds. The van der Waals surface area contributed by atoms with Gasteiger partial charge in [0, 0.05) is 11.1 Å². The van der Waals surface area contributed by atoms with E-state index >= 15 is 0 Å². The number of carbonyl (C=O) groups is 2. The molecule has 2 fully saturated rings. The normalized spacial score (nSPS) is 30.8. The molecule has 182 valence electrons. The molecule has 0 radical (unpaired) electrons. The lowest BCUT2D eigenvalue weighted by molar-refractivity contribution is -0.166. The van der Waals surface area contributed by atoms with E-state index in [9.17, 15) is 9.59 Å². The highest BCUT2D eigenvalue weighted by atomic mass is 16.6. The fourth-order valence-corrected chi connectivity index (χ4v) is 6.03. The minimum absolute atomic E-state index is 0.250. The molecular weight excluding hydrogens is 400 g/mol. The Morgan fingerprint density at radius 2 is 1.00 bits per heavy atom. The molecule has 2 rings (SSSR count). The van der Waals surface area contributed by atoms with Gasteiger partial charge < -0.3 is 9.47 Å². The highest BCUT2D eigenvalue weighted by Gasteiger charge is 2.45. The minimum atomic E-state index is -0.339. The molecule has 0 atom stereocenters. The number of hydrogen-bond acceptors (Lipinski definition) is 4. The Kier molecular flexibility index (Phi) is 9.19. The molecule has 2 aliphatic rings. The van der Waals surface area contributed by atoms with Gasteiger partial charge in [0.15, 0.2) is 0 Å². The van der Waals surface area contributed by atoms with Gasteiger partial charge in [0.1, 0.15) is 11.2 Å². The van der Waals surface area contributed by atoms with Crippen molar-refractivity contribution in [3.63, 3.8) is 0 Å². The monoisotopic (exact) mass is 446 g/mol. The highest BCUT2D eigenvalue weighted by molar-refractivity contribution is 5.87. The van der Waals surface area contributed by atoms with E-state index in [4.69, 9.17) is 9.47 Å². The third kappa shape index (κ3) is 7.22. The molecule has 0 aromatic rings. The van der Waals surface area contributed by atoms with E-state index in [1.165, 1.54) is 0 Å². The zero-order chi connectivity index (χ0) is 24.1. The Morgan fingerprint density at radius 3 is 1.22 bits per heavy atom. The summed E-state index contributed by atoms with van der Waals surface area (Å²) in [6, 6.07) is 0. The quantitative estimate of drug-likeness (QED) is 0.278. The first-order chi connectivity index (χ1) is 14.9. The molecule has 0 bridgehead atoms. The van der Waals surface area contributed by atoms with Gasteiger partial charge >= 0.3 is 11.9 Å². The molecule has 0 aliphatic heterocycles. The van der Waals surface area contributed by atoms with Crippen molar-refractivity contribution in [1.29, 1.82) is 0 Å². The molecule has 4 heteroatoms. The Labute approximate surface area is 196 Å². The number of carbonyl (C=O) groups excluding carboxylic acids is 2. The Balaban J connectivity index is 2.00. The number of esters is 2. The summed E-state index contributed by atoms with van der Waals surface area (Å²) in [5.74, 6) is 1.79. The summed E-state index contributed by atoms with van der Waals surface area (Å²) in [5.41, 5.74) is 0.281. The van der Waals surface area contributed by atoms with Crippen molar-refractivity contribution in [1.82, 2.24) is 0 Å². The third-order valence-corrected chi connectivity index (χ3v) is 7.43. The van der Waals surface area contributed by atoms with Gasteiger partial charge in [0.2, 0.25) is 0 Å². The summed E-state index contributed by atoms with van der Waals surface area (Å²) in [7, 11) is 0. The molecule has 0 aromatic heterocycles. The maximum atomic E-state index is 12.3. The van der Waals surface area contributed by atoms with Gasteiger partial charge in [-0.25, -0.2) is 9.59 Å². The average Bonchev–Trinajstić information content (AvgIpc) is 2.68. The van der Waals surface area contributed by atoms with Gasteiger partial charge in [-0.2, -0.15) is 0 Å². The molecule has 0 spiro atoms. The van der Waals surface area contributed by atoms with Crippen LogP contribution in [0, 0.1) is 23.7 Å². The largest absolute Gasteiger partial charge is 0.456 e. The maximum Gasteiger partial charge on any atom is 0.333 e. The van der Waals surface area contributed by atoms with Gasteiger partial charge in [-0.05, 0) is 102 Å². The van der Waals surface area contributed by atoms with Crippen molar-refractivity contribution in [3.05, 3.63) is 24.3 Å². The van der Waals surface area contributed by atoms with Crippen molar-refractivity contribution < 1.29 is 19.1 Å². The van der Waals surface area contributed by atoms with Crippen LogP contribution in [0.15, 0.2) is 24.3 Å². The first-order valence-corrected chi connectivity index (χ1v) is 12.6. The molecule has 2 saturated carbocycles. The number of hydrogen-bond donors (Lipinski definition) is 0. The summed E-state index contributed by atoms with van der Waals surface area (Å²) in [6.07, 6.45) is 9.98. The molecule has 4 nitrogen and oxygen atoms in total. The van der Waals surface area contributed by atoms with Crippen LogP contribution in [-0.4, -0.2) is 23.1 Å². The van der Waals surface area contributed by atoms with Crippen LogP contribution in [0.1, 0.15) is 106 Å². The first kappa shape index (κ1) is 26.7. The molecule has 0 saturated heterocycles. The fraction of sp³-hybridized carbons (Fsp3) is 0.786. The van der Waals surface area contributed by atoms with E-state index in [-0.39, 0.29) is 23.1 Å². The van der Waals surface area contributed by atoms with Gasteiger partial charge in [0.25, 0.3) is 0 Å². The van der Waals surface area contributed by atoms with Crippen LogP contribution in [0.4, 0.5) is 0 Å². The van der Waals surface area contributed by atoms with E-state index in [1.54, 1.807) is 13.8 Å². The summed E-state index contributed by atoms with van der Waals surface area (Å²) in [5, 5.41) is 0. The van der Waals surface area contributed by atoms with E-state index in [0.717, 1.165) is 64.2 Å². The second-order valence-corrected chi connectivity index (χ2v) is 11.6. The smallest absolute Gasteiger partial charge is 0.333 e. The highest BCUT2D eigenvalue weighted by Crippen LogP contribution is 2.48. The van der Waals surface area contributed by atoms with E-state index in [1.807, 2.05) is 0 Å². The SMILES string of the molecule is C=C(C)C(=O)OC1(CC(C)C)CCC(C2CCC(CC(C)C)(OC(=O)C(=C)C)CC2)CC1. The molecule has 2 aliphatic carbocycles. The maximum absolute atomic E-state index is 12.3. The average molecular weight is 447 g/mol. The second kappa shape index (κ2) is 11.0. The molecule has 0 N–H and O–H groups in total. The van der Waals surface area contributed by atoms with Crippen LogP contribution in [-0.2, 0) is 19.1 Å². The summed E-state index contributed by atoms with van der Waals surface area (Å²) < 4.78 is 12.1. The fourth-order valence-electron chi connectivity index (χ4n) is 6.03. The van der Waals surface area contributed by atoms with Crippen LogP contribution in [0.25, 0.3) is 0 Å². The van der Waals surface area contributed by atoms with Crippen LogP contribution in [0.3, 0.4) is 0 Å². The zero-order valence-corrected chi connectivity index (χ0v) is 21.4. The molecule has 0 unspecified atom stereocenters. The molecule has 0 heterocycles. The Hall–Kier alpha value is -1.58. The van der Waals surface area contributed by atoms with Crippen molar-refractivity contribution >= 4 is 11.9 Å². The lowest BCUT2D eigenvalue weighted by atomic mass is 9.65. The van der Waals surface area contributed by atoms with Crippen LogP contribution in [0.5, 0.6) is 0 Å². The molecule has 0 aromatic carbocycles. The lowest BCUT2D eigenvalue weighted by Crippen LogP contribution is -2.44. The van der Waals surface area contributed by atoms with E-state index in [2.05, 4.69) is 40.9 Å². The minimum Gasteiger partial charge on any atom is -0.456 e. The summed E-state index contributed by atoms with van der Waals surface area (Å²) in [4.78, 5) is 24.6. The van der Waals surface area contributed by atoms with Gasteiger partial charge in [0.05, 0.1) is 0 Å². The number of ether oxygens (including phenoxy) is 2. The zero-order valence-electron chi connectivity index (χ0n) is 21.4. The van der Waals surface area contributed by atoms with E-state index in [0.29, 0.717) is 34.8 Å². The van der Waals surface area contributed by atoms with Crippen LogP contribution >= 0.6 is 0 Å². The van der Waals surface area contributed by atoms with Crippen LogP contribution < -0.4 is 0 Å². The lowest BCUT2D eigenvalue weighted by Gasteiger charge is -2.46. The summed E-state index contributed by atoms with van der Waals surface area (Å²) >= 11 is 0. The Bertz CT molecular complexity index is 626. The predicted molar refractivity (Wildman–Crippen MR) is 130 cm³/mol. The van der Waals surface area contributed by atoms with Crippen molar-refractivity contribution in [3.8, 4) is 0 Å². The van der Waals surface area contributed by atoms with Crippen molar-refractivity contribution in [2.24, 2.45) is 23.7 Å². The Morgan fingerprint density at radius 1 is 0.719 bits per heavy atom. The predicted octanol–water partition coefficient (Wildman–Crippen LogP) is 7.18. The van der Waals surface area contributed by atoms with Crippen molar-refractivity contribution in [2.45, 2.75) is 117 Å². The molecule has 32 heavy (non-hydrogen) atoms. The third-order valence-electron chi connectivity index (χ3n) is 7.43. The first-order valence-electron chi connectivity index (χ1n) is 12.6. The van der Waals surface area contributed by atoms with Gasteiger partial charge in [-0.15, -0.1) is 0 Å².